The zero-order chi connectivity index (χ0) is 10.8. The summed E-state index contributed by atoms with van der Waals surface area (Å²) in [4.78, 5) is 21.5. The minimum absolute atomic E-state index is 0.0274. The van der Waals surface area contributed by atoms with Gasteiger partial charge in [0.2, 0.25) is 5.91 Å². The maximum atomic E-state index is 11.5. The minimum Gasteiger partial charge on any atom is -0.335 e. The number of rotatable bonds is 2. The normalized spacial score (nSPS) is 21.1. The van der Waals surface area contributed by atoms with Gasteiger partial charge in [0.15, 0.2) is 0 Å². The number of carbonyl (C=O) groups is 1. The van der Waals surface area contributed by atoms with Crippen molar-refractivity contribution in [2.75, 3.05) is 6.54 Å². The Bertz CT molecular complexity index is 379. The molecule has 5 nitrogen and oxygen atoms in total. The fraction of sp³-hybridized carbons (Fsp3) is 0.500. The van der Waals surface area contributed by atoms with Crippen molar-refractivity contribution in [1.82, 2.24) is 14.9 Å². The van der Waals surface area contributed by atoms with Crippen molar-refractivity contribution in [2.45, 2.75) is 25.9 Å². The summed E-state index contributed by atoms with van der Waals surface area (Å²) >= 11 is 0. The molecule has 0 radical (unpaired) electrons. The highest BCUT2D eigenvalue weighted by molar-refractivity contribution is 5.79. The van der Waals surface area contributed by atoms with E-state index in [0.29, 0.717) is 19.5 Å². The highest BCUT2D eigenvalue weighted by Gasteiger charge is 2.26. The summed E-state index contributed by atoms with van der Waals surface area (Å²) in [5.41, 5.74) is 6.57. The van der Waals surface area contributed by atoms with E-state index >= 15 is 0 Å². The molecule has 80 valence electrons. The van der Waals surface area contributed by atoms with Crippen LogP contribution in [0.3, 0.4) is 0 Å². The molecule has 0 bridgehead atoms. The zero-order valence-corrected chi connectivity index (χ0v) is 8.68. The van der Waals surface area contributed by atoms with Crippen LogP contribution in [0, 0.1) is 6.92 Å². The molecular formula is C10H14N4O. The minimum atomic E-state index is -0.0274. The summed E-state index contributed by atoms with van der Waals surface area (Å²) in [6.07, 6.45) is 2.15. The van der Waals surface area contributed by atoms with Gasteiger partial charge >= 0.3 is 0 Å². The van der Waals surface area contributed by atoms with Crippen LogP contribution in [0.4, 0.5) is 0 Å². The third kappa shape index (κ3) is 2.30. The monoisotopic (exact) mass is 206 g/mol. The van der Waals surface area contributed by atoms with E-state index in [2.05, 4.69) is 9.97 Å². The van der Waals surface area contributed by atoms with Crippen LogP contribution in [0.15, 0.2) is 12.3 Å². The molecule has 1 unspecified atom stereocenters. The number of aromatic nitrogens is 2. The van der Waals surface area contributed by atoms with Gasteiger partial charge in [0.05, 0.1) is 12.2 Å². The number of aryl methyl sites for hydroxylation is 1. The number of hydrogen-bond acceptors (Lipinski definition) is 4. The first-order valence-corrected chi connectivity index (χ1v) is 4.97. The number of nitrogens with two attached hydrogens (primary N) is 1. The number of hydrogen-bond donors (Lipinski definition) is 1. The van der Waals surface area contributed by atoms with Gasteiger partial charge in [0.25, 0.3) is 0 Å². The van der Waals surface area contributed by atoms with Gasteiger partial charge in [-0.1, -0.05) is 0 Å². The SMILES string of the molecule is Cc1nccc(CN2CC(N)CC2=O)n1. The molecule has 1 aliphatic rings. The van der Waals surface area contributed by atoms with E-state index in [4.69, 9.17) is 5.73 Å². The number of amides is 1. The second-order valence-electron chi connectivity index (χ2n) is 3.83. The maximum Gasteiger partial charge on any atom is 0.224 e. The molecule has 1 atom stereocenters. The second-order valence-corrected chi connectivity index (χ2v) is 3.83. The fourth-order valence-electron chi connectivity index (χ4n) is 1.74. The van der Waals surface area contributed by atoms with E-state index in [0.717, 1.165) is 11.5 Å². The summed E-state index contributed by atoms with van der Waals surface area (Å²) in [6, 6.07) is 1.80. The molecule has 1 saturated heterocycles. The Hall–Kier alpha value is -1.49. The topological polar surface area (TPSA) is 72.1 Å². The number of carbonyl (C=O) groups excluding carboxylic acids is 1. The Kier molecular flexibility index (Phi) is 2.64. The van der Waals surface area contributed by atoms with Crippen LogP contribution in [-0.2, 0) is 11.3 Å². The largest absolute Gasteiger partial charge is 0.335 e. The third-order valence-corrected chi connectivity index (χ3v) is 2.43. The molecule has 5 heteroatoms. The van der Waals surface area contributed by atoms with Crippen LogP contribution >= 0.6 is 0 Å². The van der Waals surface area contributed by atoms with Crippen LogP contribution in [0.25, 0.3) is 0 Å². The molecule has 1 aromatic heterocycles. The van der Waals surface area contributed by atoms with Crippen LogP contribution in [0.1, 0.15) is 17.9 Å². The summed E-state index contributed by atoms with van der Waals surface area (Å²) < 4.78 is 0. The lowest BCUT2D eigenvalue weighted by Gasteiger charge is -2.15. The molecule has 0 aliphatic carbocycles. The predicted molar refractivity (Wildman–Crippen MR) is 54.8 cm³/mol. The molecule has 2 rings (SSSR count). The van der Waals surface area contributed by atoms with Gasteiger partial charge in [-0.2, -0.15) is 0 Å². The maximum absolute atomic E-state index is 11.5. The molecule has 15 heavy (non-hydrogen) atoms. The molecule has 0 saturated carbocycles. The van der Waals surface area contributed by atoms with Crippen molar-refractivity contribution in [3.8, 4) is 0 Å². The molecule has 2 N–H and O–H groups in total. The van der Waals surface area contributed by atoms with Crippen LogP contribution < -0.4 is 5.73 Å². The molecular weight excluding hydrogens is 192 g/mol. The van der Waals surface area contributed by atoms with Crippen LogP contribution in [0.5, 0.6) is 0 Å². The molecule has 1 fully saturated rings. The van der Waals surface area contributed by atoms with Gasteiger partial charge in [-0.25, -0.2) is 9.97 Å². The van der Waals surface area contributed by atoms with Crippen LogP contribution in [0.2, 0.25) is 0 Å². The summed E-state index contributed by atoms with van der Waals surface area (Å²) in [5, 5.41) is 0. The lowest BCUT2D eigenvalue weighted by Crippen LogP contribution is -2.28. The van der Waals surface area contributed by atoms with Crippen LogP contribution in [-0.4, -0.2) is 33.4 Å². The lowest BCUT2D eigenvalue weighted by atomic mass is 10.3. The summed E-state index contributed by atoms with van der Waals surface area (Å²) in [5.74, 6) is 0.835. The Morgan fingerprint density at radius 2 is 2.47 bits per heavy atom. The molecule has 1 amide bonds. The van der Waals surface area contributed by atoms with Crippen molar-refractivity contribution >= 4 is 5.91 Å². The van der Waals surface area contributed by atoms with Crippen molar-refractivity contribution in [3.05, 3.63) is 23.8 Å². The smallest absolute Gasteiger partial charge is 0.224 e. The molecule has 1 aliphatic heterocycles. The van der Waals surface area contributed by atoms with Crippen molar-refractivity contribution in [1.29, 1.82) is 0 Å². The highest BCUT2D eigenvalue weighted by atomic mass is 16.2. The Labute approximate surface area is 88.3 Å². The van der Waals surface area contributed by atoms with Gasteiger partial charge in [-0.3, -0.25) is 4.79 Å². The highest BCUT2D eigenvalue weighted by Crippen LogP contribution is 2.12. The average Bonchev–Trinajstić information content (AvgIpc) is 2.45. The van der Waals surface area contributed by atoms with E-state index in [-0.39, 0.29) is 11.9 Å². The summed E-state index contributed by atoms with van der Waals surface area (Å²) in [6.45, 7) is 3.00. The van der Waals surface area contributed by atoms with Gasteiger partial charge in [-0.05, 0) is 13.0 Å². The second kappa shape index (κ2) is 3.94. The third-order valence-electron chi connectivity index (χ3n) is 2.43. The van der Waals surface area contributed by atoms with E-state index < -0.39 is 0 Å². The van der Waals surface area contributed by atoms with Crippen molar-refractivity contribution in [3.63, 3.8) is 0 Å². The van der Waals surface area contributed by atoms with Gasteiger partial charge < -0.3 is 10.6 Å². The first-order chi connectivity index (χ1) is 7.15. The lowest BCUT2D eigenvalue weighted by molar-refractivity contribution is -0.128. The number of likely N-dealkylation sites (tertiary alicyclic amines) is 1. The Morgan fingerprint density at radius 1 is 1.67 bits per heavy atom. The standard InChI is InChI=1S/C10H14N4O/c1-7-12-3-2-9(13-7)6-14-5-8(11)4-10(14)15/h2-3,8H,4-6,11H2,1H3. The van der Waals surface area contributed by atoms with E-state index in [9.17, 15) is 4.79 Å². The Morgan fingerprint density at radius 3 is 3.07 bits per heavy atom. The number of nitrogens with zero attached hydrogens (tertiary/aromatic N) is 3. The predicted octanol–water partition coefficient (Wildman–Crippen LogP) is -0.155. The van der Waals surface area contributed by atoms with Crippen molar-refractivity contribution < 1.29 is 4.79 Å². The van der Waals surface area contributed by atoms with Gasteiger partial charge in [0.1, 0.15) is 5.82 Å². The molecule has 1 aromatic rings. The quantitative estimate of drug-likeness (QED) is 0.730. The molecule has 0 spiro atoms. The van der Waals surface area contributed by atoms with E-state index in [1.165, 1.54) is 0 Å². The fourth-order valence-corrected chi connectivity index (χ4v) is 1.74. The van der Waals surface area contributed by atoms with E-state index in [1.54, 1.807) is 11.1 Å². The van der Waals surface area contributed by atoms with E-state index in [1.807, 2.05) is 13.0 Å². The average molecular weight is 206 g/mol. The first kappa shape index (κ1) is 10.0. The summed E-state index contributed by atoms with van der Waals surface area (Å²) in [7, 11) is 0. The molecule has 2 heterocycles. The molecule has 0 aromatic carbocycles. The Balaban J connectivity index is 2.06. The van der Waals surface area contributed by atoms with Crippen molar-refractivity contribution in [2.24, 2.45) is 5.73 Å². The first-order valence-electron chi connectivity index (χ1n) is 4.97. The zero-order valence-electron chi connectivity index (χ0n) is 8.68. The van der Waals surface area contributed by atoms with Gasteiger partial charge in [-0.15, -0.1) is 0 Å². The van der Waals surface area contributed by atoms with Gasteiger partial charge in [0, 0.05) is 25.2 Å².